The number of ether oxygens (including phenoxy) is 1. The summed E-state index contributed by atoms with van der Waals surface area (Å²) in [6.07, 6.45) is 2.81. The summed E-state index contributed by atoms with van der Waals surface area (Å²) in [5.41, 5.74) is -0.340. The first-order valence-corrected chi connectivity index (χ1v) is 6.91. The van der Waals surface area contributed by atoms with E-state index >= 15 is 0 Å². The molecule has 0 aliphatic carbocycles. The van der Waals surface area contributed by atoms with Crippen LogP contribution in [0.25, 0.3) is 10.9 Å². The summed E-state index contributed by atoms with van der Waals surface area (Å²) in [6.45, 7) is 2.12. The van der Waals surface area contributed by atoms with E-state index in [1.54, 1.807) is 24.3 Å². The Morgan fingerprint density at radius 3 is 2.76 bits per heavy atom. The van der Waals surface area contributed by atoms with Gasteiger partial charge in [0.25, 0.3) is 0 Å². The molecule has 0 amide bonds. The predicted octanol–water partition coefficient (Wildman–Crippen LogP) is 1.69. The van der Waals surface area contributed by atoms with E-state index in [1.807, 2.05) is 0 Å². The number of carbonyl (C=O) groups excluding carboxylic acids is 1. The zero-order chi connectivity index (χ0) is 15.2. The minimum atomic E-state index is -0.857. The van der Waals surface area contributed by atoms with Crippen molar-refractivity contribution in [2.45, 2.75) is 32.7 Å². The highest BCUT2D eigenvalue weighted by atomic mass is 16.5. The maximum Gasteiger partial charge on any atom is 0.422 e. The second-order valence-corrected chi connectivity index (χ2v) is 4.69. The van der Waals surface area contributed by atoms with Gasteiger partial charge in [0.05, 0.1) is 17.5 Å². The molecule has 0 radical (unpaired) electrons. The number of esters is 1. The van der Waals surface area contributed by atoms with Crippen LogP contribution in [0.1, 0.15) is 26.2 Å². The second kappa shape index (κ2) is 6.88. The summed E-state index contributed by atoms with van der Waals surface area (Å²) < 4.78 is 10.8. The molecule has 0 bridgehead atoms. The van der Waals surface area contributed by atoms with Crippen LogP contribution in [-0.4, -0.2) is 17.1 Å². The molecule has 0 atom stereocenters. The maximum absolute atomic E-state index is 11.8. The zero-order valence-electron chi connectivity index (χ0n) is 11.8. The molecule has 0 N–H and O–H groups in total. The number of unbranched alkanes of at least 4 members (excludes halogenated alkanes) is 2. The molecule has 1 heterocycles. The largest absolute Gasteiger partial charge is 0.464 e. The Morgan fingerprint density at radius 1 is 1.24 bits per heavy atom. The Balaban J connectivity index is 2.20. The predicted molar refractivity (Wildman–Crippen MR) is 77.2 cm³/mol. The molecule has 21 heavy (non-hydrogen) atoms. The molecule has 6 heteroatoms. The fourth-order valence-electron chi connectivity index (χ4n) is 2.03. The van der Waals surface area contributed by atoms with Crippen LogP contribution in [0.5, 0.6) is 0 Å². The van der Waals surface area contributed by atoms with Gasteiger partial charge in [-0.1, -0.05) is 31.9 Å². The average molecular weight is 291 g/mol. The number of nitrogens with zero attached hydrogens (tertiary/aromatic N) is 1. The molecule has 6 nitrogen and oxygen atoms in total. The van der Waals surface area contributed by atoms with E-state index in [2.05, 4.69) is 11.3 Å². The lowest BCUT2D eigenvalue weighted by atomic mass is 10.2. The van der Waals surface area contributed by atoms with Crippen LogP contribution in [0.3, 0.4) is 0 Å². The van der Waals surface area contributed by atoms with Gasteiger partial charge in [0, 0.05) is 0 Å². The zero-order valence-corrected chi connectivity index (χ0v) is 11.8. The van der Waals surface area contributed by atoms with Crippen molar-refractivity contribution in [2.75, 3.05) is 6.61 Å². The monoisotopic (exact) mass is 291 g/mol. The summed E-state index contributed by atoms with van der Waals surface area (Å²) in [7, 11) is 0. The van der Waals surface area contributed by atoms with Gasteiger partial charge in [0.2, 0.25) is 0 Å². The first-order valence-electron chi connectivity index (χ1n) is 6.91. The third kappa shape index (κ3) is 3.59. The highest BCUT2D eigenvalue weighted by molar-refractivity contribution is 5.79. The van der Waals surface area contributed by atoms with Crippen LogP contribution in [-0.2, 0) is 16.1 Å². The van der Waals surface area contributed by atoms with Gasteiger partial charge in [-0.15, -0.1) is 0 Å². The number of hydrogen-bond donors (Lipinski definition) is 0. The molecule has 0 unspecified atom stereocenters. The van der Waals surface area contributed by atoms with Crippen LogP contribution in [0.4, 0.5) is 0 Å². The molecule has 0 spiro atoms. The lowest BCUT2D eigenvalue weighted by molar-refractivity contribution is -0.144. The quantitative estimate of drug-likeness (QED) is 0.597. The fraction of sp³-hybridized carbons (Fsp3) is 0.400. The van der Waals surface area contributed by atoms with Crippen molar-refractivity contribution in [3.05, 3.63) is 45.2 Å². The summed E-state index contributed by atoms with van der Waals surface area (Å²) >= 11 is 0. The second-order valence-electron chi connectivity index (χ2n) is 4.69. The third-order valence-corrected chi connectivity index (χ3v) is 3.11. The highest BCUT2D eigenvalue weighted by Crippen LogP contribution is 2.07. The van der Waals surface area contributed by atoms with Crippen LogP contribution >= 0.6 is 0 Å². The molecule has 2 rings (SSSR count). The first-order chi connectivity index (χ1) is 10.1. The van der Waals surface area contributed by atoms with Crippen molar-refractivity contribution in [3.63, 3.8) is 0 Å². The van der Waals surface area contributed by atoms with Gasteiger partial charge in [0.15, 0.2) is 0 Å². The standard InChI is InChI=1S/C15H17NO5/c1-2-3-6-9-20-13(17)10-16-12-8-5-4-7-11(12)14(18)21-15(16)19/h4-5,7-8H,2-3,6,9-10H2,1H3. The molecule has 1 aromatic heterocycles. The summed E-state index contributed by atoms with van der Waals surface area (Å²) in [6, 6.07) is 6.49. The number of fused-ring (bicyclic) bond motifs is 1. The van der Waals surface area contributed by atoms with Crippen LogP contribution < -0.4 is 11.4 Å². The van der Waals surface area contributed by atoms with Gasteiger partial charge < -0.3 is 9.15 Å². The Kier molecular flexibility index (Phi) is 4.92. The highest BCUT2D eigenvalue weighted by Gasteiger charge is 2.12. The van der Waals surface area contributed by atoms with Gasteiger partial charge in [-0.2, -0.15) is 0 Å². The van der Waals surface area contributed by atoms with Crippen molar-refractivity contribution in [1.82, 2.24) is 4.57 Å². The maximum atomic E-state index is 11.8. The summed E-state index contributed by atoms with van der Waals surface area (Å²) in [4.78, 5) is 35.1. The van der Waals surface area contributed by atoms with Crippen LogP contribution in [0.2, 0.25) is 0 Å². The smallest absolute Gasteiger partial charge is 0.422 e. The Hall–Kier alpha value is -2.37. The van der Waals surface area contributed by atoms with Crippen LogP contribution in [0, 0.1) is 0 Å². The van der Waals surface area contributed by atoms with Crippen molar-refractivity contribution in [1.29, 1.82) is 0 Å². The van der Waals surface area contributed by atoms with E-state index in [9.17, 15) is 14.4 Å². The van der Waals surface area contributed by atoms with E-state index in [4.69, 9.17) is 4.74 Å². The number of carbonyl (C=O) groups is 1. The molecular weight excluding hydrogens is 274 g/mol. The minimum Gasteiger partial charge on any atom is -0.464 e. The van der Waals surface area contributed by atoms with Gasteiger partial charge in [-0.3, -0.25) is 9.36 Å². The molecule has 0 saturated carbocycles. The topological polar surface area (TPSA) is 78.5 Å². The lowest BCUT2D eigenvalue weighted by Gasteiger charge is -2.08. The van der Waals surface area contributed by atoms with Crippen molar-refractivity contribution in [2.24, 2.45) is 0 Å². The summed E-state index contributed by atoms with van der Waals surface area (Å²) in [5, 5.41) is 0.260. The minimum absolute atomic E-state index is 0.260. The summed E-state index contributed by atoms with van der Waals surface area (Å²) in [5.74, 6) is -1.38. The van der Waals surface area contributed by atoms with E-state index in [0.29, 0.717) is 12.1 Å². The third-order valence-electron chi connectivity index (χ3n) is 3.11. The number of benzene rings is 1. The van der Waals surface area contributed by atoms with Gasteiger partial charge in [0.1, 0.15) is 6.54 Å². The average Bonchev–Trinajstić information content (AvgIpc) is 2.48. The first kappa shape index (κ1) is 15.0. The molecule has 2 aromatic rings. The van der Waals surface area contributed by atoms with E-state index in [1.165, 1.54) is 0 Å². The fourth-order valence-corrected chi connectivity index (χ4v) is 2.03. The molecule has 0 aliphatic rings. The van der Waals surface area contributed by atoms with Crippen molar-refractivity contribution in [3.8, 4) is 0 Å². The normalized spacial score (nSPS) is 10.7. The van der Waals surface area contributed by atoms with E-state index < -0.39 is 17.4 Å². The molecule has 0 saturated heterocycles. The van der Waals surface area contributed by atoms with Gasteiger partial charge in [-0.05, 0) is 18.6 Å². The van der Waals surface area contributed by atoms with Crippen molar-refractivity contribution < 1.29 is 13.9 Å². The Bertz CT molecular complexity index is 744. The van der Waals surface area contributed by atoms with E-state index in [-0.39, 0.29) is 11.9 Å². The number of para-hydroxylation sites is 1. The number of rotatable bonds is 6. The van der Waals surface area contributed by atoms with Crippen LogP contribution in [0.15, 0.2) is 38.3 Å². The molecular formula is C15H17NO5. The Morgan fingerprint density at radius 2 is 2.00 bits per heavy atom. The van der Waals surface area contributed by atoms with Gasteiger partial charge >= 0.3 is 17.4 Å². The lowest BCUT2D eigenvalue weighted by Crippen LogP contribution is -2.28. The molecule has 112 valence electrons. The van der Waals surface area contributed by atoms with Crippen molar-refractivity contribution >= 4 is 16.9 Å². The van der Waals surface area contributed by atoms with E-state index in [0.717, 1.165) is 23.8 Å². The molecule has 0 aliphatic heterocycles. The molecule has 1 aromatic carbocycles. The van der Waals surface area contributed by atoms with Gasteiger partial charge in [-0.25, -0.2) is 9.59 Å². The number of hydrogen-bond acceptors (Lipinski definition) is 5. The number of aromatic nitrogens is 1. The molecule has 0 fully saturated rings. The SMILES string of the molecule is CCCCCOC(=O)Cn1c(=O)oc(=O)c2ccccc21. The Labute approximate surface area is 121 Å².